The van der Waals surface area contributed by atoms with Gasteiger partial charge in [-0.15, -0.1) is 0 Å². The largest absolute Gasteiger partial charge is 0.496 e. The van der Waals surface area contributed by atoms with E-state index in [1.165, 1.54) is 6.07 Å². The maximum absolute atomic E-state index is 13.2. The number of hydrogen-bond acceptors (Lipinski definition) is 6. The first-order chi connectivity index (χ1) is 16.9. The number of aromatic nitrogens is 2. The molecule has 1 N–H and O–H groups in total. The molecule has 2 aliphatic rings. The van der Waals surface area contributed by atoms with E-state index in [-0.39, 0.29) is 29.1 Å². The molecule has 0 bridgehead atoms. The molecule has 2 aliphatic heterocycles. The highest BCUT2D eigenvalue weighted by Gasteiger charge is 2.38. The molecule has 5 rings (SSSR count). The first-order valence-electron chi connectivity index (χ1n) is 12.1. The number of carbonyl (C=O) groups excluding carboxylic acids is 2. The molecular formula is C27H30N4O4. The van der Waals surface area contributed by atoms with Gasteiger partial charge in [-0.3, -0.25) is 19.3 Å². The highest BCUT2D eigenvalue weighted by molar-refractivity contribution is 5.98. The van der Waals surface area contributed by atoms with E-state index < -0.39 is 0 Å². The lowest BCUT2D eigenvalue weighted by Crippen LogP contribution is -2.46. The molecular weight excluding hydrogens is 444 g/mol. The summed E-state index contributed by atoms with van der Waals surface area (Å²) < 4.78 is 5.30. The fraction of sp³-hybridized carbons (Fsp3) is 0.407. The summed E-state index contributed by atoms with van der Waals surface area (Å²) in [5.74, 6) is 1.65. The molecule has 3 heterocycles. The molecule has 1 aromatic heterocycles. The van der Waals surface area contributed by atoms with Gasteiger partial charge in [-0.2, -0.15) is 0 Å². The molecule has 0 aliphatic carbocycles. The van der Waals surface area contributed by atoms with Gasteiger partial charge < -0.3 is 14.6 Å². The number of nitrogens with one attached hydrogen (secondary N) is 1. The van der Waals surface area contributed by atoms with Crippen LogP contribution in [0.3, 0.4) is 0 Å². The van der Waals surface area contributed by atoms with E-state index in [1.54, 1.807) is 19.2 Å². The maximum atomic E-state index is 13.2. The average molecular weight is 475 g/mol. The number of Topliss-reactive ketones (excluding diaryl/α,β-unsaturated/α-hetero) is 1. The smallest absolute Gasteiger partial charge is 0.240 e. The second kappa shape index (κ2) is 9.62. The molecule has 1 amide bonds. The summed E-state index contributed by atoms with van der Waals surface area (Å²) in [6.07, 6.45) is 2.26. The van der Waals surface area contributed by atoms with Crippen molar-refractivity contribution in [3.63, 3.8) is 0 Å². The van der Waals surface area contributed by atoms with Crippen LogP contribution in [0.4, 0.5) is 0 Å². The second-order valence-electron chi connectivity index (χ2n) is 9.45. The minimum Gasteiger partial charge on any atom is -0.496 e. The Morgan fingerprint density at radius 1 is 1.09 bits per heavy atom. The van der Waals surface area contributed by atoms with Crippen molar-refractivity contribution < 1.29 is 14.3 Å². The number of H-pyrrole nitrogens is 1. The monoisotopic (exact) mass is 474 g/mol. The van der Waals surface area contributed by atoms with Crippen molar-refractivity contribution in [3.05, 3.63) is 69.6 Å². The number of aromatic amines is 1. The number of hydrogen-bond donors (Lipinski definition) is 1. The van der Waals surface area contributed by atoms with Gasteiger partial charge in [0.25, 0.3) is 0 Å². The number of aryl methyl sites for hydroxylation is 1. The molecule has 0 radical (unpaired) electrons. The lowest BCUT2D eigenvalue weighted by Gasteiger charge is -2.34. The average Bonchev–Trinajstić information content (AvgIpc) is 3.39. The summed E-state index contributed by atoms with van der Waals surface area (Å²) in [4.78, 5) is 50.0. The molecule has 8 nitrogen and oxygen atoms in total. The van der Waals surface area contributed by atoms with Gasteiger partial charge in [-0.25, -0.2) is 4.98 Å². The van der Waals surface area contributed by atoms with Gasteiger partial charge in [0.2, 0.25) is 11.3 Å². The lowest BCUT2D eigenvalue weighted by molar-refractivity contribution is -0.133. The number of fused-ring (bicyclic) bond motifs is 1. The van der Waals surface area contributed by atoms with Crippen molar-refractivity contribution in [1.82, 2.24) is 19.8 Å². The number of imidazole rings is 1. The molecule has 0 spiro atoms. The van der Waals surface area contributed by atoms with E-state index >= 15 is 0 Å². The minimum absolute atomic E-state index is 0.0233. The predicted octanol–water partition coefficient (Wildman–Crippen LogP) is 2.94. The van der Waals surface area contributed by atoms with E-state index in [2.05, 4.69) is 14.9 Å². The predicted molar refractivity (Wildman–Crippen MR) is 133 cm³/mol. The molecule has 182 valence electrons. The van der Waals surface area contributed by atoms with Crippen LogP contribution in [0.15, 0.2) is 47.3 Å². The van der Waals surface area contributed by atoms with Gasteiger partial charge in [0.15, 0.2) is 5.78 Å². The molecule has 2 fully saturated rings. The van der Waals surface area contributed by atoms with Gasteiger partial charge in [0.05, 0.1) is 25.2 Å². The third-order valence-corrected chi connectivity index (χ3v) is 7.27. The molecule has 2 saturated heterocycles. The number of ketones is 1. The number of benzene rings is 1. The van der Waals surface area contributed by atoms with Crippen LogP contribution in [0.2, 0.25) is 0 Å². The van der Waals surface area contributed by atoms with Crippen molar-refractivity contribution in [2.45, 2.75) is 38.8 Å². The van der Waals surface area contributed by atoms with Crippen molar-refractivity contribution in [2.75, 3.05) is 26.7 Å². The van der Waals surface area contributed by atoms with Crippen molar-refractivity contribution >= 4 is 22.7 Å². The Hall–Kier alpha value is -3.52. The van der Waals surface area contributed by atoms with E-state index in [1.807, 2.05) is 36.1 Å². The normalized spacial score (nSPS) is 19.4. The van der Waals surface area contributed by atoms with Crippen LogP contribution in [0.1, 0.15) is 41.0 Å². The van der Waals surface area contributed by atoms with Crippen LogP contribution in [0, 0.1) is 12.8 Å². The number of methoxy groups -OCH3 is 1. The van der Waals surface area contributed by atoms with Crippen molar-refractivity contribution in [2.24, 2.45) is 5.92 Å². The van der Waals surface area contributed by atoms with Crippen LogP contribution < -0.4 is 10.2 Å². The number of amides is 1. The summed E-state index contributed by atoms with van der Waals surface area (Å²) in [5.41, 5.74) is 2.62. The van der Waals surface area contributed by atoms with Gasteiger partial charge in [-0.05, 0) is 75.2 Å². The number of rotatable bonds is 6. The second-order valence-corrected chi connectivity index (χ2v) is 9.45. The molecule has 8 heteroatoms. The Kier molecular flexibility index (Phi) is 6.38. The SMILES string of the molecule is COc1ccc(C(=O)C2CCN([C@H]3CCN(Cc4nc5c(=O)ccccc5[nH]4)C3=O)CC2)cc1C. The van der Waals surface area contributed by atoms with Crippen molar-refractivity contribution in [1.29, 1.82) is 0 Å². The summed E-state index contributed by atoms with van der Waals surface area (Å²) in [6, 6.07) is 12.2. The van der Waals surface area contributed by atoms with Gasteiger partial charge >= 0.3 is 0 Å². The van der Waals surface area contributed by atoms with Crippen LogP contribution in [0.25, 0.3) is 11.0 Å². The summed E-state index contributed by atoms with van der Waals surface area (Å²) >= 11 is 0. The van der Waals surface area contributed by atoms with E-state index in [0.717, 1.165) is 49.2 Å². The fourth-order valence-electron chi connectivity index (χ4n) is 5.33. The van der Waals surface area contributed by atoms with Crippen LogP contribution in [-0.2, 0) is 11.3 Å². The summed E-state index contributed by atoms with van der Waals surface area (Å²) in [6.45, 7) is 4.43. The Balaban J connectivity index is 1.19. The maximum Gasteiger partial charge on any atom is 0.240 e. The van der Waals surface area contributed by atoms with Gasteiger partial charge in [0.1, 0.15) is 17.1 Å². The fourth-order valence-corrected chi connectivity index (χ4v) is 5.33. The Morgan fingerprint density at radius 2 is 1.86 bits per heavy atom. The van der Waals surface area contributed by atoms with Crippen LogP contribution >= 0.6 is 0 Å². The standard InChI is InChI=1S/C27H30N4O4/c1-17-15-19(7-8-23(17)35-2)26(33)18-9-12-30(13-10-18)21-11-14-31(27(21)34)16-24-28-20-5-3-4-6-22(32)25(20)29-24/h3-8,15,18,21H,9-14,16H2,1-2H3,(H,28,29)/t21-/m0/s1. The van der Waals surface area contributed by atoms with Gasteiger partial charge in [-0.1, -0.05) is 12.1 Å². The summed E-state index contributed by atoms with van der Waals surface area (Å²) in [7, 11) is 1.63. The first-order valence-corrected chi connectivity index (χ1v) is 12.1. The highest BCUT2D eigenvalue weighted by atomic mass is 16.5. The number of nitrogens with zero attached hydrogens (tertiary/aromatic N) is 3. The lowest BCUT2D eigenvalue weighted by atomic mass is 9.87. The summed E-state index contributed by atoms with van der Waals surface area (Å²) in [5, 5.41) is 0. The Morgan fingerprint density at radius 3 is 2.60 bits per heavy atom. The highest BCUT2D eigenvalue weighted by Crippen LogP contribution is 2.28. The van der Waals surface area contributed by atoms with Gasteiger partial charge in [0, 0.05) is 18.0 Å². The van der Waals surface area contributed by atoms with E-state index in [9.17, 15) is 14.4 Å². The van der Waals surface area contributed by atoms with Crippen LogP contribution in [-0.4, -0.2) is 64.2 Å². The number of likely N-dealkylation sites (tertiary alicyclic amines) is 2. The first kappa shape index (κ1) is 23.2. The zero-order valence-corrected chi connectivity index (χ0v) is 20.1. The number of carbonyl (C=O) groups is 2. The zero-order chi connectivity index (χ0) is 24.5. The topological polar surface area (TPSA) is 95.6 Å². The molecule has 0 unspecified atom stereocenters. The third kappa shape index (κ3) is 4.58. The quantitative estimate of drug-likeness (QED) is 0.552. The number of ether oxygens (including phenoxy) is 1. The molecule has 3 aromatic rings. The Labute approximate surface area is 203 Å². The molecule has 0 saturated carbocycles. The Bertz CT molecular complexity index is 1330. The minimum atomic E-state index is -0.161. The number of piperidine rings is 1. The van der Waals surface area contributed by atoms with Crippen LogP contribution in [0.5, 0.6) is 5.75 Å². The van der Waals surface area contributed by atoms with E-state index in [0.29, 0.717) is 29.9 Å². The zero-order valence-electron chi connectivity index (χ0n) is 20.1. The van der Waals surface area contributed by atoms with E-state index in [4.69, 9.17) is 4.74 Å². The molecule has 35 heavy (non-hydrogen) atoms. The third-order valence-electron chi connectivity index (χ3n) is 7.27. The molecule has 1 atom stereocenters. The molecule has 2 aromatic carbocycles. The van der Waals surface area contributed by atoms with Crippen molar-refractivity contribution in [3.8, 4) is 5.75 Å².